The number of benzene rings is 1. The molecule has 0 aliphatic rings. The number of carbonyl (C=O) groups excluding carboxylic acids is 1. The first kappa shape index (κ1) is 19.5. The van der Waals surface area contributed by atoms with E-state index in [4.69, 9.17) is 4.42 Å². The highest BCUT2D eigenvalue weighted by molar-refractivity contribution is 5.86. The Hall–Kier alpha value is -2.83. The molecule has 2 rings (SSSR count). The van der Waals surface area contributed by atoms with Gasteiger partial charge in [-0.2, -0.15) is 0 Å². The zero-order chi connectivity index (χ0) is 19.2. The Kier molecular flexibility index (Phi) is 6.38. The molecule has 0 spiro atoms. The minimum atomic E-state index is -0.260. The van der Waals surface area contributed by atoms with Gasteiger partial charge < -0.3 is 20.0 Å². The summed E-state index contributed by atoms with van der Waals surface area (Å²) in [5.41, 5.74) is 1.43. The van der Waals surface area contributed by atoms with Crippen molar-refractivity contribution in [2.45, 2.75) is 32.9 Å². The number of nitrogens with zero attached hydrogens (tertiary/aromatic N) is 3. The molecular weight excluding hydrogens is 330 g/mol. The average molecular weight is 357 g/mol. The monoisotopic (exact) mass is 357 g/mol. The molecule has 1 aromatic heterocycles. The van der Waals surface area contributed by atoms with Gasteiger partial charge in [-0.25, -0.2) is 4.98 Å². The van der Waals surface area contributed by atoms with Gasteiger partial charge in [-0.15, -0.1) is 0 Å². The molecule has 0 aliphatic carbocycles. The van der Waals surface area contributed by atoms with Crippen LogP contribution in [0.25, 0.3) is 11.5 Å². The summed E-state index contributed by atoms with van der Waals surface area (Å²) < 4.78 is 5.53. The molecule has 0 fully saturated rings. The van der Waals surface area contributed by atoms with E-state index < -0.39 is 0 Å². The van der Waals surface area contributed by atoms with Gasteiger partial charge in [0.1, 0.15) is 6.26 Å². The highest BCUT2D eigenvalue weighted by atomic mass is 16.3. The number of oxazole rings is 1. The van der Waals surface area contributed by atoms with E-state index in [9.17, 15) is 4.79 Å². The Morgan fingerprint density at radius 2 is 1.96 bits per heavy atom. The molecule has 2 N–H and O–H groups in total. The Morgan fingerprint density at radius 3 is 2.58 bits per heavy atom. The van der Waals surface area contributed by atoms with Crippen LogP contribution in [-0.4, -0.2) is 47.9 Å². The highest BCUT2D eigenvalue weighted by Gasteiger charge is 2.17. The Labute approximate surface area is 154 Å². The van der Waals surface area contributed by atoms with E-state index in [0.29, 0.717) is 18.4 Å². The van der Waals surface area contributed by atoms with Crippen LogP contribution in [0.15, 0.2) is 46.0 Å². The molecule has 1 amide bonds. The lowest BCUT2D eigenvalue weighted by Crippen LogP contribution is -2.48. The van der Waals surface area contributed by atoms with Crippen molar-refractivity contribution in [2.24, 2.45) is 4.99 Å². The second-order valence-corrected chi connectivity index (χ2v) is 7.07. The molecule has 1 aromatic carbocycles. The van der Waals surface area contributed by atoms with Crippen molar-refractivity contribution in [2.75, 3.05) is 20.6 Å². The molecule has 7 nitrogen and oxygen atoms in total. The number of aromatic nitrogens is 1. The van der Waals surface area contributed by atoms with Crippen LogP contribution in [0.4, 0.5) is 0 Å². The van der Waals surface area contributed by atoms with Crippen molar-refractivity contribution < 1.29 is 9.21 Å². The molecule has 0 bridgehead atoms. The summed E-state index contributed by atoms with van der Waals surface area (Å²) in [7, 11) is 3.49. The number of amides is 1. The van der Waals surface area contributed by atoms with Crippen LogP contribution in [0.5, 0.6) is 0 Å². The van der Waals surface area contributed by atoms with Crippen molar-refractivity contribution in [3.8, 4) is 11.5 Å². The van der Waals surface area contributed by atoms with Gasteiger partial charge in [0, 0.05) is 25.2 Å². The fourth-order valence-corrected chi connectivity index (χ4v) is 2.40. The molecule has 0 unspecified atom stereocenters. The molecule has 140 valence electrons. The number of hydrogen-bond acceptors (Lipinski definition) is 4. The quantitative estimate of drug-likeness (QED) is 0.634. The molecule has 0 saturated carbocycles. The predicted octanol–water partition coefficient (Wildman–Crippen LogP) is 2.26. The third-order valence-electron chi connectivity index (χ3n) is 3.47. The summed E-state index contributed by atoms with van der Waals surface area (Å²) in [5.74, 6) is 1.13. The van der Waals surface area contributed by atoms with Crippen LogP contribution < -0.4 is 10.6 Å². The third-order valence-corrected chi connectivity index (χ3v) is 3.47. The molecule has 7 heteroatoms. The van der Waals surface area contributed by atoms with Crippen molar-refractivity contribution in [3.63, 3.8) is 0 Å². The second-order valence-electron chi connectivity index (χ2n) is 7.07. The largest absolute Gasteiger partial charge is 0.444 e. The standard InChI is InChI=1S/C19H27N5O2/c1-19(2,3)23-16(25)12-24(5)18(20-4)21-11-15-13-26-17(22-15)14-9-7-6-8-10-14/h6-10,13H,11-12H2,1-5H3,(H,20,21)(H,23,25). The van der Waals surface area contributed by atoms with E-state index in [1.54, 1.807) is 18.2 Å². The van der Waals surface area contributed by atoms with Crippen LogP contribution in [0.2, 0.25) is 0 Å². The van der Waals surface area contributed by atoms with Gasteiger partial charge >= 0.3 is 0 Å². The predicted molar refractivity (Wildman–Crippen MR) is 103 cm³/mol. The first-order chi connectivity index (χ1) is 12.3. The van der Waals surface area contributed by atoms with E-state index in [1.165, 1.54) is 0 Å². The summed E-state index contributed by atoms with van der Waals surface area (Å²) in [6.07, 6.45) is 1.62. The number of guanidine groups is 1. The minimum Gasteiger partial charge on any atom is -0.444 e. The molecular formula is C19H27N5O2. The molecule has 0 radical (unpaired) electrons. The zero-order valence-electron chi connectivity index (χ0n) is 16.0. The van der Waals surface area contributed by atoms with Crippen molar-refractivity contribution in [1.29, 1.82) is 0 Å². The van der Waals surface area contributed by atoms with E-state index in [2.05, 4.69) is 20.6 Å². The van der Waals surface area contributed by atoms with Crippen LogP contribution in [0.3, 0.4) is 0 Å². The lowest BCUT2D eigenvalue weighted by atomic mass is 10.1. The maximum atomic E-state index is 12.1. The zero-order valence-corrected chi connectivity index (χ0v) is 16.0. The lowest BCUT2D eigenvalue weighted by Gasteiger charge is -2.25. The van der Waals surface area contributed by atoms with Gasteiger partial charge in [0.15, 0.2) is 5.96 Å². The van der Waals surface area contributed by atoms with E-state index in [0.717, 1.165) is 11.3 Å². The molecule has 26 heavy (non-hydrogen) atoms. The van der Waals surface area contributed by atoms with Crippen molar-refractivity contribution >= 4 is 11.9 Å². The summed E-state index contributed by atoms with van der Waals surface area (Å²) >= 11 is 0. The molecule has 1 heterocycles. The highest BCUT2D eigenvalue weighted by Crippen LogP contribution is 2.17. The van der Waals surface area contributed by atoms with Crippen molar-refractivity contribution in [1.82, 2.24) is 20.5 Å². The lowest BCUT2D eigenvalue weighted by molar-refractivity contribution is -0.122. The summed E-state index contributed by atoms with van der Waals surface area (Å²) in [5, 5.41) is 6.13. The van der Waals surface area contributed by atoms with Gasteiger partial charge in [0.25, 0.3) is 0 Å². The first-order valence-electron chi connectivity index (χ1n) is 8.51. The van der Waals surface area contributed by atoms with Gasteiger partial charge in [-0.3, -0.25) is 9.79 Å². The van der Waals surface area contributed by atoms with Gasteiger partial charge in [-0.05, 0) is 32.9 Å². The van der Waals surface area contributed by atoms with Gasteiger partial charge in [-0.1, -0.05) is 18.2 Å². The maximum Gasteiger partial charge on any atom is 0.240 e. The number of likely N-dealkylation sites (N-methyl/N-ethyl adjacent to an activating group) is 1. The molecule has 2 aromatic rings. The smallest absolute Gasteiger partial charge is 0.240 e. The normalized spacial score (nSPS) is 12.0. The number of carbonyl (C=O) groups is 1. The van der Waals surface area contributed by atoms with Crippen LogP contribution in [0, 0.1) is 0 Å². The number of aliphatic imine (C=N–C) groups is 1. The van der Waals surface area contributed by atoms with E-state index in [-0.39, 0.29) is 18.0 Å². The fourth-order valence-electron chi connectivity index (χ4n) is 2.40. The van der Waals surface area contributed by atoms with Crippen LogP contribution in [0.1, 0.15) is 26.5 Å². The van der Waals surface area contributed by atoms with E-state index >= 15 is 0 Å². The van der Waals surface area contributed by atoms with Crippen LogP contribution in [-0.2, 0) is 11.3 Å². The Balaban J connectivity index is 1.91. The summed E-state index contributed by atoms with van der Waals surface area (Å²) in [6.45, 7) is 6.52. The minimum absolute atomic E-state index is 0.0595. The SMILES string of the molecule is CN=C(NCc1coc(-c2ccccc2)n1)N(C)CC(=O)NC(C)(C)C. The number of hydrogen-bond donors (Lipinski definition) is 2. The number of nitrogens with one attached hydrogen (secondary N) is 2. The Morgan fingerprint density at radius 1 is 1.27 bits per heavy atom. The fraction of sp³-hybridized carbons (Fsp3) is 0.421. The molecule has 0 aliphatic heterocycles. The second kappa shape index (κ2) is 8.51. The van der Waals surface area contributed by atoms with Crippen LogP contribution >= 0.6 is 0 Å². The first-order valence-corrected chi connectivity index (χ1v) is 8.51. The average Bonchev–Trinajstić information content (AvgIpc) is 3.03. The van der Waals surface area contributed by atoms with Crippen molar-refractivity contribution in [3.05, 3.63) is 42.3 Å². The summed E-state index contributed by atoms with van der Waals surface area (Å²) in [4.78, 5) is 22.5. The third kappa shape index (κ3) is 5.91. The topological polar surface area (TPSA) is 82.8 Å². The maximum absolute atomic E-state index is 12.1. The molecule has 0 atom stereocenters. The summed E-state index contributed by atoms with van der Waals surface area (Å²) in [6, 6.07) is 9.73. The number of rotatable bonds is 5. The van der Waals surface area contributed by atoms with Gasteiger partial charge in [0.05, 0.1) is 18.8 Å². The van der Waals surface area contributed by atoms with Gasteiger partial charge in [0.2, 0.25) is 11.8 Å². The Bertz CT molecular complexity index is 747. The van der Waals surface area contributed by atoms with E-state index in [1.807, 2.05) is 58.2 Å². The molecule has 0 saturated heterocycles.